The normalized spacial score (nSPS) is 10.9. The Morgan fingerprint density at radius 3 is 2.11 bits per heavy atom. The van der Waals surface area contributed by atoms with E-state index in [9.17, 15) is 18.0 Å². The zero-order valence-corrected chi connectivity index (χ0v) is 16.6. The smallest absolute Gasteiger partial charge is 0.323 e. The van der Waals surface area contributed by atoms with Crippen molar-refractivity contribution in [3.05, 3.63) is 54.6 Å². The fraction of sp³-hybridized carbons (Fsp3) is 0.300. The van der Waals surface area contributed by atoms with Gasteiger partial charge in [0.05, 0.1) is 5.75 Å². The molecule has 8 heteroatoms. The van der Waals surface area contributed by atoms with E-state index in [1.54, 1.807) is 36.4 Å². The van der Waals surface area contributed by atoms with Crippen molar-refractivity contribution in [2.24, 2.45) is 0 Å². The van der Waals surface area contributed by atoms with Crippen molar-refractivity contribution in [3.8, 4) is 0 Å². The lowest BCUT2D eigenvalue weighted by molar-refractivity contribution is -0.113. The maximum atomic E-state index is 12.0. The Morgan fingerprint density at radius 1 is 0.821 bits per heavy atom. The minimum atomic E-state index is -3.43. The topological polar surface area (TPSA) is 104 Å². The van der Waals surface area contributed by atoms with E-state index >= 15 is 0 Å². The highest BCUT2D eigenvalue weighted by atomic mass is 32.2. The molecule has 0 aliphatic heterocycles. The standard InChI is InChI=1S/C20H25N3O4S/c1-2-3-7-13-28(26,27)15-19(24)21-17-11-8-12-18(14-17)23-20(25)22-16-9-5-4-6-10-16/h4-6,8-12,14H,2-3,7,13,15H2,1H3,(H,21,24)(H2,22,23,25). The number of carbonyl (C=O) groups is 2. The molecule has 3 N–H and O–H groups in total. The second-order valence-corrected chi connectivity index (χ2v) is 8.56. The zero-order chi connectivity index (χ0) is 20.4. The number of unbranched alkanes of at least 4 members (excludes halogenated alkanes) is 2. The molecule has 0 spiro atoms. The van der Waals surface area contributed by atoms with Gasteiger partial charge in [-0.25, -0.2) is 13.2 Å². The van der Waals surface area contributed by atoms with Gasteiger partial charge in [0.1, 0.15) is 5.75 Å². The van der Waals surface area contributed by atoms with Gasteiger partial charge in [-0.1, -0.05) is 44.0 Å². The Labute approximate surface area is 165 Å². The molecule has 2 aromatic rings. The van der Waals surface area contributed by atoms with Gasteiger partial charge in [-0.15, -0.1) is 0 Å². The lowest BCUT2D eigenvalue weighted by Crippen LogP contribution is -2.25. The van der Waals surface area contributed by atoms with Crippen LogP contribution in [-0.2, 0) is 14.6 Å². The van der Waals surface area contributed by atoms with Gasteiger partial charge in [0.2, 0.25) is 5.91 Å². The highest BCUT2D eigenvalue weighted by Crippen LogP contribution is 2.16. The molecule has 0 saturated heterocycles. The SMILES string of the molecule is CCCCCS(=O)(=O)CC(=O)Nc1cccc(NC(=O)Nc2ccccc2)c1. The maximum absolute atomic E-state index is 12.0. The summed E-state index contributed by atoms with van der Waals surface area (Å²) in [6, 6.07) is 15.1. The van der Waals surface area contributed by atoms with Crippen LogP contribution in [0.4, 0.5) is 21.9 Å². The molecule has 2 rings (SSSR count). The van der Waals surface area contributed by atoms with Crippen molar-refractivity contribution < 1.29 is 18.0 Å². The molecule has 0 radical (unpaired) electrons. The van der Waals surface area contributed by atoms with Gasteiger partial charge in [0.25, 0.3) is 0 Å². The number of hydrogen-bond acceptors (Lipinski definition) is 4. The number of amides is 3. The molecule has 0 saturated carbocycles. The average Bonchev–Trinajstić information content (AvgIpc) is 2.62. The van der Waals surface area contributed by atoms with Gasteiger partial charge in [-0.05, 0) is 36.8 Å². The summed E-state index contributed by atoms with van der Waals surface area (Å²) in [6.45, 7) is 1.99. The summed E-state index contributed by atoms with van der Waals surface area (Å²) in [6.07, 6.45) is 2.29. The van der Waals surface area contributed by atoms with E-state index in [4.69, 9.17) is 0 Å². The van der Waals surface area contributed by atoms with Crippen LogP contribution in [0.5, 0.6) is 0 Å². The number of anilines is 3. The summed E-state index contributed by atoms with van der Waals surface area (Å²) in [5.74, 6) is -1.14. The number of para-hydroxylation sites is 1. The molecule has 0 aromatic heterocycles. The second kappa shape index (κ2) is 10.5. The van der Waals surface area contributed by atoms with E-state index in [1.807, 2.05) is 25.1 Å². The number of benzene rings is 2. The van der Waals surface area contributed by atoms with Gasteiger partial charge in [-0.2, -0.15) is 0 Å². The Morgan fingerprint density at radius 2 is 1.43 bits per heavy atom. The van der Waals surface area contributed by atoms with Gasteiger partial charge < -0.3 is 16.0 Å². The van der Waals surface area contributed by atoms with Crippen molar-refractivity contribution in [2.45, 2.75) is 26.2 Å². The van der Waals surface area contributed by atoms with Gasteiger partial charge in [0.15, 0.2) is 9.84 Å². The van der Waals surface area contributed by atoms with Crippen molar-refractivity contribution in [3.63, 3.8) is 0 Å². The number of urea groups is 1. The van der Waals surface area contributed by atoms with Crippen LogP contribution in [0.25, 0.3) is 0 Å². The van der Waals surface area contributed by atoms with Crippen LogP contribution in [0.1, 0.15) is 26.2 Å². The van der Waals surface area contributed by atoms with E-state index in [0.717, 1.165) is 12.8 Å². The van der Waals surface area contributed by atoms with Crippen LogP contribution in [0.2, 0.25) is 0 Å². The molecule has 0 heterocycles. The molecule has 0 unspecified atom stereocenters. The third-order valence-corrected chi connectivity index (χ3v) is 5.46. The Balaban J connectivity index is 1.90. The van der Waals surface area contributed by atoms with Gasteiger partial charge in [0, 0.05) is 17.1 Å². The minimum absolute atomic E-state index is 0.00944. The van der Waals surface area contributed by atoms with Crippen molar-refractivity contribution in [1.82, 2.24) is 0 Å². The van der Waals surface area contributed by atoms with Crippen LogP contribution < -0.4 is 16.0 Å². The van der Waals surface area contributed by atoms with E-state index in [0.29, 0.717) is 23.5 Å². The van der Waals surface area contributed by atoms with Crippen LogP contribution in [0, 0.1) is 0 Å². The summed E-state index contributed by atoms with van der Waals surface area (Å²) >= 11 is 0. The summed E-state index contributed by atoms with van der Waals surface area (Å²) in [5.41, 5.74) is 1.53. The first-order valence-electron chi connectivity index (χ1n) is 9.11. The van der Waals surface area contributed by atoms with E-state index in [-0.39, 0.29) is 5.75 Å². The monoisotopic (exact) mass is 403 g/mol. The number of nitrogens with one attached hydrogen (secondary N) is 3. The summed E-state index contributed by atoms with van der Waals surface area (Å²) in [5, 5.41) is 7.92. The molecule has 2 aromatic carbocycles. The zero-order valence-electron chi connectivity index (χ0n) is 15.8. The van der Waals surface area contributed by atoms with Crippen molar-refractivity contribution in [1.29, 1.82) is 0 Å². The molecular formula is C20H25N3O4S. The molecule has 7 nitrogen and oxygen atoms in total. The molecule has 28 heavy (non-hydrogen) atoms. The molecule has 3 amide bonds. The summed E-state index contributed by atoms with van der Waals surface area (Å²) in [4.78, 5) is 24.1. The molecule has 0 aliphatic carbocycles. The van der Waals surface area contributed by atoms with Crippen molar-refractivity contribution >= 4 is 38.8 Å². The van der Waals surface area contributed by atoms with E-state index in [1.165, 1.54) is 0 Å². The lowest BCUT2D eigenvalue weighted by Gasteiger charge is -2.10. The first-order chi connectivity index (χ1) is 13.4. The second-order valence-electron chi connectivity index (χ2n) is 6.37. The Bertz CT molecular complexity index is 899. The lowest BCUT2D eigenvalue weighted by atomic mass is 10.2. The third kappa shape index (κ3) is 7.79. The van der Waals surface area contributed by atoms with Crippen LogP contribution >= 0.6 is 0 Å². The van der Waals surface area contributed by atoms with Crippen LogP contribution in [0.3, 0.4) is 0 Å². The third-order valence-electron chi connectivity index (χ3n) is 3.85. The summed E-state index contributed by atoms with van der Waals surface area (Å²) in [7, 11) is -3.43. The van der Waals surface area contributed by atoms with Gasteiger partial charge >= 0.3 is 6.03 Å². The van der Waals surface area contributed by atoms with Crippen LogP contribution in [0.15, 0.2) is 54.6 Å². The van der Waals surface area contributed by atoms with Gasteiger partial charge in [-0.3, -0.25) is 4.79 Å². The first kappa shape index (κ1) is 21.4. The quantitative estimate of drug-likeness (QED) is 0.553. The maximum Gasteiger partial charge on any atom is 0.323 e. The number of hydrogen-bond donors (Lipinski definition) is 3. The van der Waals surface area contributed by atoms with E-state index < -0.39 is 27.5 Å². The molecule has 0 bridgehead atoms. The molecular weight excluding hydrogens is 378 g/mol. The van der Waals surface area contributed by atoms with E-state index in [2.05, 4.69) is 16.0 Å². The highest BCUT2D eigenvalue weighted by Gasteiger charge is 2.16. The fourth-order valence-corrected chi connectivity index (χ4v) is 3.79. The number of rotatable bonds is 9. The van der Waals surface area contributed by atoms with Crippen LogP contribution in [-0.4, -0.2) is 31.9 Å². The number of carbonyl (C=O) groups excluding carboxylic acids is 2. The minimum Gasteiger partial charge on any atom is -0.325 e. The summed E-state index contributed by atoms with van der Waals surface area (Å²) < 4.78 is 23.9. The molecule has 0 aliphatic rings. The fourth-order valence-electron chi connectivity index (χ4n) is 2.53. The molecule has 0 atom stereocenters. The van der Waals surface area contributed by atoms with Crippen molar-refractivity contribution in [2.75, 3.05) is 27.5 Å². The number of sulfone groups is 1. The Kier molecular flexibility index (Phi) is 8.01. The molecule has 0 fully saturated rings. The highest BCUT2D eigenvalue weighted by molar-refractivity contribution is 7.92. The largest absolute Gasteiger partial charge is 0.325 e. The Hall–Kier alpha value is -2.87. The predicted octanol–water partition coefficient (Wildman–Crippen LogP) is 3.87. The predicted molar refractivity (Wildman–Crippen MR) is 112 cm³/mol. The average molecular weight is 404 g/mol. The molecule has 150 valence electrons. The first-order valence-corrected chi connectivity index (χ1v) is 10.9.